The average Bonchev–Trinajstić information content (AvgIpc) is 2.13. The largest absolute Gasteiger partial charge is 0.299 e. The molecule has 1 fully saturated rings. The van der Waals surface area contributed by atoms with E-state index in [-0.39, 0.29) is 28.8 Å². The fourth-order valence-corrected chi connectivity index (χ4v) is 2.70. The van der Waals surface area contributed by atoms with Gasteiger partial charge in [0.25, 0.3) is 0 Å². The van der Waals surface area contributed by atoms with Crippen molar-refractivity contribution >= 4 is 11.6 Å². The number of ketones is 2. The van der Waals surface area contributed by atoms with Crippen molar-refractivity contribution in [3.8, 4) is 0 Å². The van der Waals surface area contributed by atoms with E-state index >= 15 is 0 Å². The minimum Gasteiger partial charge on any atom is -0.299 e. The maximum atomic E-state index is 12.4. The van der Waals surface area contributed by atoms with Crippen LogP contribution in [0.25, 0.3) is 0 Å². The molecule has 17 heavy (non-hydrogen) atoms. The highest BCUT2D eigenvalue weighted by Crippen LogP contribution is 2.39. The second kappa shape index (κ2) is 4.55. The molecule has 0 aliphatic heterocycles. The summed E-state index contributed by atoms with van der Waals surface area (Å²) in [6.07, 6.45) is 2.69. The summed E-state index contributed by atoms with van der Waals surface area (Å²) in [5, 5.41) is 0. The van der Waals surface area contributed by atoms with Gasteiger partial charge < -0.3 is 0 Å². The zero-order chi connectivity index (χ0) is 13.4. The Hall–Kier alpha value is -0.660. The molecule has 1 saturated carbocycles. The van der Waals surface area contributed by atoms with Crippen LogP contribution in [-0.2, 0) is 9.59 Å². The molecule has 98 valence electrons. The van der Waals surface area contributed by atoms with Gasteiger partial charge in [0.2, 0.25) is 0 Å². The standard InChI is InChI=1S/C15H26O2/c1-14(2,3)11-9-7-8-10(12(11)16)13(17)15(4,5)6/h10-11H,7-9H2,1-6H3. The van der Waals surface area contributed by atoms with Crippen LogP contribution < -0.4 is 0 Å². The molecule has 2 nitrogen and oxygen atoms in total. The fourth-order valence-electron chi connectivity index (χ4n) is 2.70. The Labute approximate surface area is 105 Å². The molecule has 1 aliphatic carbocycles. The third-order valence-corrected chi connectivity index (χ3v) is 3.77. The van der Waals surface area contributed by atoms with Gasteiger partial charge in [0.15, 0.2) is 0 Å². The van der Waals surface area contributed by atoms with Crippen LogP contribution in [-0.4, -0.2) is 11.6 Å². The number of hydrogen-bond acceptors (Lipinski definition) is 2. The molecule has 2 atom stereocenters. The van der Waals surface area contributed by atoms with Crippen LogP contribution >= 0.6 is 0 Å². The van der Waals surface area contributed by atoms with E-state index < -0.39 is 5.41 Å². The van der Waals surface area contributed by atoms with E-state index in [4.69, 9.17) is 0 Å². The molecule has 1 rings (SSSR count). The smallest absolute Gasteiger partial charge is 0.148 e. The summed E-state index contributed by atoms with van der Waals surface area (Å²) in [5.74, 6) is 0.000602. The molecule has 2 heteroatoms. The first kappa shape index (κ1) is 14.4. The quantitative estimate of drug-likeness (QED) is 0.654. The molecule has 0 saturated heterocycles. The molecule has 0 spiro atoms. The van der Waals surface area contributed by atoms with Gasteiger partial charge in [-0.1, -0.05) is 48.0 Å². The van der Waals surface area contributed by atoms with Crippen LogP contribution in [0, 0.1) is 22.7 Å². The molecule has 1 aliphatic rings. The summed E-state index contributed by atoms with van der Waals surface area (Å²) in [7, 11) is 0. The molecule has 0 radical (unpaired) electrons. The Balaban J connectivity index is 2.90. The molecule has 0 bridgehead atoms. The van der Waals surface area contributed by atoms with Gasteiger partial charge in [0.05, 0.1) is 5.92 Å². The van der Waals surface area contributed by atoms with E-state index in [2.05, 4.69) is 20.8 Å². The van der Waals surface area contributed by atoms with Crippen molar-refractivity contribution in [2.75, 3.05) is 0 Å². The highest BCUT2D eigenvalue weighted by molar-refractivity contribution is 6.05. The van der Waals surface area contributed by atoms with Crippen LogP contribution in [0.15, 0.2) is 0 Å². The normalized spacial score (nSPS) is 27.1. The molecule has 0 aromatic rings. The summed E-state index contributed by atoms with van der Waals surface area (Å²) >= 11 is 0. The number of carbonyl (C=O) groups is 2. The third kappa shape index (κ3) is 3.17. The first-order chi connectivity index (χ1) is 7.55. The fraction of sp³-hybridized carbons (Fsp3) is 0.867. The maximum Gasteiger partial charge on any atom is 0.148 e. The van der Waals surface area contributed by atoms with Crippen molar-refractivity contribution in [2.45, 2.75) is 60.8 Å². The lowest BCUT2D eigenvalue weighted by atomic mass is 9.65. The Morgan fingerprint density at radius 2 is 1.59 bits per heavy atom. The Kier molecular flexibility index (Phi) is 3.85. The van der Waals surface area contributed by atoms with Crippen LogP contribution in [0.3, 0.4) is 0 Å². The van der Waals surface area contributed by atoms with E-state index in [1.165, 1.54) is 0 Å². The summed E-state index contributed by atoms with van der Waals surface area (Å²) in [5.41, 5.74) is -0.423. The summed E-state index contributed by atoms with van der Waals surface area (Å²) in [4.78, 5) is 24.7. The number of Topliss-reactive ketones (excluding diaryl/α,β-unsaturated/α-hetero) is 2. The van der Waals surface area contributed by atoms with Gasteiger partial charge in [0, 0.05) is 11.3 Å². The van der Waals surface area contributed by atoms with Crippen molar-refractivity contribution in [3.63, 3.8) is 0 Å². The lowest BCUT2D eigenvalue weighted by molar-refractivity contribution is -0.143. The van der Waals surface area contributed by atoms with Crippen LogP contribution in [0.2, 0.25) is 0 Å². The van der Waals surface area contributed by atoms with Gasteiger partial charge in [-0.2, -0.15) is 0 Å². The zero-order valence-electron chi connectivity index (χ0n) is 12.1. The number of hydrogen-bond donors (Lipinski definition) is 0. The van der Waals surface area contributed by atoms with E-state index in [0.717, 1.165) is 19.3 Å². The topological polar surface area (TPSA) is 34.1 Å². The van der Waals surface area contributed by atoms with Crippen LogP contribution in [0.5, 0.6) is 0 Å². The third-order valence-electron chi connectivity index (χ3n) is 3.77. The summed E-state index contributed by atoms with van der Waals surface area (Å²) < 4.78 is 0. The Morgan fingerprint density at radius 1 is 1.06 bits per heavy atom. The minimum absolute atomic E-state index is 0.0199. The Morgan fingerprint density at radius 3 is 2.00 bits per heavy atom. The lowest BCUT2D eigenvalue weighted by Crippen LogP contribution is -2.43. The monoisotopic (exact) mass is 238 g/mol. The highest BCUT2D eigenvalue weighted by atomic mass is 16.2. The molecule has 0 aromatic heterocycles. The second-order valence-corrected chi connectivity index (χ2v) is 7.42. The second-order valence-electron chi connectivity index (χ2n) is 7.42. The highest BCUT2D eigenvalue weighted by Gasteiger charge is 2.43. The first-order valence-electron chi connectivity index (χ1n) is 6.63. The van der Waals surface area contributed by atoms with Crippen molar-refractivity contribution in [1.29, 1.82) is 0 Å². The Bertz CT molecular complexity index is 315. The SMILES string of the molecule is CC(C)(C)C(=O)C1CCCC(C(C)(C)C)C1=O. The maximum absolute atomic E-state index is 12.4. The van der Waals surface area contributed by atoms with Crippen molar-refractivity contribution in [2.24, 2.45) is 22.7 Å². The molecule has 0 heterocycles. The molecule has 0 N–H and O–H groups in total. The summed E-state index contributed by atoms with van der Waals surface area (Å²) in [6, 6.07) is 0. The summed E-state index contributed by atoms with van der Waals surface area (Å²) in [6.45, 7) is 12.0. The first-order valence-corrected chi connectivity index (χ1v) is 6.63. The van der Waals surface area contributed by atoms with Gasteiger partial charge in [-0.3, -0.25) is 9.59 Å². The van der Waals surface area contributed by atoms with Crippen molar-refractivity contribution < 1.29 is 9.59 Å². The number of rotatable bonds is 1. The van der Waals surface area contributed by atoms with E-state index in [1.807, 2.05) is 20.8 Å². The molecule has 2 unspecified atom stereocenters. The predicted molar refractivity (Wildman–Crippen MR) is 69.8 cm³/mol. The zero-order valence-corrected chi connectivity index (χ0v) is 12.1. The van der Waals surface area contributed by atoms with Gasteiger partial charge in [-0.15, -0.1) is 0 Å². The van der Waals surface area contributed by atoms with Crippen LogP contribution in [0.4, 0.5) is 0 Å². The van der Waals surface area contributed by atoms with Crippen molar-refractivity contribution in [1.82, 2.24) is 0 Å². The van der Waals surface area contributed by atoms with E-state index in [1.54, 1.807) is 0 Å². The van der Waals surface area contributed by atoms with Gasteiger partial charge in [-0.05, 0) is 18.3 Å². The van der Waals surface area contributed by atoms with Gasteiger partial charge in [0.1, 0.15) is 11.6 Å². The van der Waals surface area contributed by atoms with Crippen LogP contribution in [0.1, 0.15) is 60.8 Å². The van der Waals surface area contributed by atoms with E-state index in [9.17, 15) is 9.59 Å². The molecule has 0 amide bonds. The predicted octanol–water partition coefficient (Wildman–Crippen LogP) is 3.63. The molecule has 0 aromatic carbocycles. The minimum atomic E-state index is -0.403. The van der Waals surface area contributed by atoms with Gasteiger partial charge in [-0.25, -0.2) is 0 Å². The molecular weight excluding hydrogens is 212 g/mol. The lowest BCUT2D eigenvalue weighted by Gasteiger charge is -2.37. The molecular formula is C15H26O2. The van der Waals surface area contributed by atoms with Gasteiger partial charge >= 0.3 is 0 Å². The van der Waals surface area contributed by atoms with Crippen molar-refractivity contribution in [3.05, 3.63) is 0 Å². The van der Waals surface area contributed by atoms with E-state index in [0.29, 0.717) is 0 Å². The number of carbonyl (C=O) groups excluding carboxylic acids is 2. The average molecular weight is 238 g/mol.